The van der Waals surface area contributed by atoms with Gasteiger partial charge in [0.2, 0.25) is 17.8 Å². The molecule has 0 spiro atoms. The molecular formula is C25H32F2N10O3. The predicted molar refractivity (Wildman–Crippen MR) is 142 cm³/mol. The van der Waals surface area contributed by atoms with Crippen LogP contribution in [0.25, 0.3) is 16.9 Å². The molecule has 5 rings (SSSR count). The van der Waals surface area contributed by atoms with Crippen molar-refractivity contribution in [2.75, 3.05) is 49.6 Å². The minimum atomic E-state index is -2.78. The summed E-state index contributed by atoms with van der Waals surface area (Å²) < 4.78 is 33.8. The molecule has 0 saturated carbocycles. The van der Waals surface area contributed by atoms with E-state index in [9.17, 15) is 18.4 Å². The number of carbonyl (C=O) groups excluding carboxylic acids is 2. The number of imidazole rings is 1. The van der Waals surface area contributed by atoms with E-state index in [0.717, 1.165) is 6.42 Å². The van der Waals surface area contributed by atoms with Gasteiger partial charge in [0.05, 0.1) is 43.9 Å². The van der Waals surface area contributed by atoms with Crippen molar-refractivity contribution in [1.82, 2.24) is 39.5 Å². The smallest absolute Gasteiger partial charge is 0.333 e. The number of nitrogens with zero attached hydrogens (tertiary/aromatic N) is 8. The first-order chi connectivity index (χ1) is 19.3. The SMILES string of the molecule is C=CC(=O)N1CCC(C)C(NC(=O)CNc2nc(N3CCOCC3)nc3c2ncn3-c2cnn(C(F)F)c2)C1C. The van der Waals surface area contributed by atoms with Crippen LogP contribution in [0.3, 0.4) is 0 Å². The van der Waals surface area contributed by atoms with Gasteiger partial charge in [0.25, 0.3) is 0 Å². The van der Waals surface area contributed by atoms with Gasteiger partial charge in [-0.15, -0.1) is 0 Å². The molecule has 0 radical (unpaired) electrons. The number of rotatable bonds is 8. The second-order valence-electron chi connectivity index (χ2n) is 9.90. The van der Waals surface area contributed by atoms with E-state index < -0.39 is 6.55 Å². The van der Waals surface area contributed by atoms with Gasteiger partial charge in [-0.2, -0.15) is 23.8 Å². The highest BCUT2D eigenvalue weighted by Gasteiger charge is 2.35. The van der Waals surface area contributed by atoms with Crippen LogP contribution in [0, 0.1) is 5.92 Å². The number of nitrogens with one attached hydrogen (secondary N) is 2. The number of carbonyl (C=O) groups is 2. The number of halogens is 2. The largest absolute Gasteiger partial charge is 0.378 e. The van der Waals surface area contributed by atoms with Gasteiger partial charge in [0.15, 0.2) is 17.0 Å². The van der Waals surface area contributed by atoms with Crippen molar-refractivity contribution in [2.24, 2.45) is 5.92 Å². The van der Waals surface area contributed by atoms with E-state index in [1.54, 1.807) is 9.47 Å². The van der Waals surface area contributed by atoms with Gasteiger partial charge in [0.1, 0.15) is 6.33 Å². The maximum atomic E-state index is 13.1. The van der Waals surface area contributed by atoms with Crippen molar-refractivity contribution in [3.8, 4) is 5.69 Å². The molecular weight excluding hydrogens is 526 g/mol. The molecule has 2 amide bonds. The van der Waals surface area contributed by atoms with E-state index in [4.69, 9.17) is 4.74 Å². The Morgan fingerprint density at radius 1 is 1.23 bits per heavy atom. The first kappa shape index (κ1) is 27.4. The van der Waals surface area contributed by atoms with Gasteiger partial charge in [-0.25, -0.2) is 9.67 Å². The molecule has 40 heavy (non-hydrogen) atoms. The van der Waals surface area contributed by atoms with E-state index in [0.29, 0.717) is 66.1 Å². The summed E-state index contributed by atoms with van der Waals surface area (Å²) in [5, 5.41) is 9.86. The van der Waals surface area contributed by atoms with Crippen LogP contribution < -0.4 is 15.5 Å². The summed E-state index contributed by atoms with van der Waals surface area (Å²) in [6.45, 7) is 7.43. The lowest BCUT2D eigenvalue weighted by Crippen LogP contribution is -2.59. The monoisotopic (exact) mass is 558 g/mol. The summed E-state index contributed by atoms with van der Waals surface area (Å²) in [5.41, 5.74) is 1.11. The molecule has 214 valence electrons. The molecule has 5 heterocycles. The molecule has 2 aliphatic heterocycles. The second kappa shape index (κ2) is 11.5. The van der Waals surface area contributed by atoms with Gasteiger partial charge >= 0.3 is 6.55 Å². The number of morpholine rings is 1. The molecule has 0 bridgehead atoms. The van der Waals surface area contributed by atoms with Crippen LogP contribution in [0.2, 0.25) is 0 Å². The van der Waals surface area contributed by atoms with Crippen LogP contribution in [-0.2, 0) is 14.3 Å². The molecule has 3 aromatic heterocycles. The zero-order valence-electron chi connectivity index (χ0n) is 22.3. The Hall–Kier alpha value is -4.14. The molecule has 2 aliphatic rings. The molecule has 2 N–H and O–H groups in total. The third kappa shape index (κ3) is 5.46. The molecule has 0 aliphatic carbocycles. The maximum absolute atomic E-state index is 13.1. The van der Waals surface area contributed by atoms with E-state index in [2.05, 4.69) is 44.2 Å². The maximum Gasteiger partial charge on any atom is 0.333 e. The topological polar surface area (TPSA) is 135 Å². The zero-order chi connectivity index (χ0) is 28.4. The number of hydrogen-bond acceptors (Lipinski definition) is 9. The van der Waals surface area contributed by atoms with Crippen LogP contribution >= 0.6 is 0 Å². The Kier molecular flexibility index (Phi) is 7.91. The lowest BCUT2D eigenvalue weighted by atomic mass is 9.87. The first-order valence-electron chi connectivity index (χ1n) is 13.1. The third-order valence-electron chi connectivity index (χ3n) is 7.40. The third-order valence-corrected chi connectivity index (χ3v) is 7.40. The Morgan fingerprint density at radius 3 is 2.70 bits per heavy atom. The van der Waals surface area contributed by atoms with Crippen molar-refractivity contribution in [3.63, 3.8) is 0 Å². The van der Waals surface area contributed by atoms with Crippen LogP contribution in [-0.4, -0.2) is 97.5 Å². The minimum absolute atomic E-state index is 0.101. The molecule has 13 nitrogen and oxygen atoms in total. The number of piperidine rings is 1. The number of anilines is 2. The molecule has 15 heteroatoms. The van der Waals surface area contributed by atoms with Gasteiger partial charge in [0, 0.05) is 25.7 Å². The van der Waals surface area contributed by atoms with Gasteiger partial charge in [-0.1, -0.05) is 13.5 Å². The van der Waals surface area contributed by atoms with E-state index in [-0.39, 0.29) is 36.4 Å². The van der Waals surface area contributed by atoms with E-state index in [1.165, 1.54) is 24.8 Å². The van der Waals surface area contributed by atoms with Crippen molar-refractivity contribution in [3.05, 3.63) is 31.4 Å². The summed E-state index contributed by atoms with van der Waals surface area (Å²) in [7, 11) is 0. The fourth-order valence-corrected chi connectivity index (χ4v) is 5.15. The van der Waals surface area contributed by atoms with Crippen molar-refractivity contribution in [2.45, 2.75) is 38.9 Å². The van der Waals surface area contributed by atoms with Gasteiger partial charge in [-0.3, -0.25) is 14.2 Å². The Labute approximate surface area is 229 Å². The number of fused-ring (bicyclic) bond motifs is 1. The average molecular weight is 559 g/mol. The second-order valence-corrected chi connectivity index (χ2v) is 9.90. The minimum Gasteiger partial charge on any atom is -0.378 e. The molecule has 3 atom stereocenters. The summed E-state index contributed by atoms with van der Waals surface area (Å²) in [6, 6.07) is -0.423. The summed E-state index contributed by atoms with van der Waals surface area (Å²) in [4.78, 5) is 42.7. The summed E-state index contributed by atoms with van der Waals surface area (Å²) in [5.74, 6) is 0.473. The Bertz CT molecular complexity index is 1390. The van der Waals surface area contributed by atoms with Crippen LogP contribution in [0.5, 0.6) is 0 Å². The molecule has 0 aromatic carbocycles. The molecule has 2 fully saturated rings. The van der Waals surface area contributed by atoms with Gasteiger partial charge < -0.3 is 25.2 Å². The summed E-state index contributed by atoms with van der Waals surface area (Å²) in [6.07, 6.45) is 6.01. The van der Waals surface area contributed by atoms with E-state index in [1.807, 2.05) is 11.8 Å². The van der Waals surface area contributed by atoms with Crippen LogP contribution in [0.1, 0.15) is 26.8 Å². The van der Waals surface area contributed by atoms with Crippen molar-refractivity contribution in [1.29, 1.82) is 0 Å². The van der Waals surface area contributed by atoms with E-state index >= 15 is 0 Å². The standard InChI is InChI=1S/C25H32F2N10O3/c1-4-19(39)35-6-5-15(2)20(16(35)3)31-18(38)12-28-22-21-23(33-25(32-22)34-7-9-40-10-8-34)36(14-29-21)17-11-30-37(13-17)24(26)27/h4,11,13-16,20,24H,1,5-10,12H2,2-3H3,(H,31,38)(H,28,32,33). The first-order valence-corrected chi connectivity index (χ1v) is 13.1. The lowest BCUT2D eigenvalue weighted by Gasteiger charge is -2.43. The number of alkyl halides is 2. The molecule has 3 unspecified atom stereocenters. The highest BCUT2D eigenvalue weighted by atomic mass is 19.3. The fraction of sp³-hybridized carbons (Fsp3) is 0.520. The van der Waals surface area contributed by atoms with Crippen LogP contribution in [0.15, 0.2) is 31.4 Å². The highest BCUT2D eigenvalue weighted by Crippen LogP contribution is 2.26. The normalized spacial score (nSPS) is 21.6. The number of ether oxygens (including phenoxy) is 1. The van der Waals surface area contributed by atoms with Crippen molar-refractivity contribution >= 4 is 34.7 Å². The molecule has 2 saturated heterocycles. The quantitative estimate of drug-likeness (QED) is 0.395. The summed E-state index contributed by atoms with van der Waals surface area (Å²) >= 11 is 0. The lowest BCUT2D eigenvalue weighted by molar-refractivity contribution is -0.132. The average Bonchev–Trinajstić information content (AvgIpc) is 3.62. The number of aromatic nitrogens is 6. The Balaban J connectivity index is 1.39. The number of hydrogen-bond donors (Lipinski definition) is 2. The van der Waals surface area contributed by atoms with Gasteiger partial charge in [-0.05, 0) is 25.3 Å². The zero-order valence-corrected chi connectivity index (χ0v) is 22.3. The van der Waals surface area contributed by atoms with Crippen molar-refractivity contribution < 1.29 is 23.1 Å². The Morgan fingerprint density at radius 2 is 2.00 bits per heavy atom. The molecule has 3 aromatic rings. The van der Waals surface area contributed by atoms with Crippen LogP contribution in [0.4, 0.5) is 20.5 Å². The number of likely N-dealkylation sites (tertiary alicyclic amines) is 1. The highest BCUT2D eigenvalue weighted by molar-refractivity contribution is 5.89. The fourth-order valence-electron chi connectivity index (χ4n) is 5.15. The number of amides is 2. The predicted octanol–water partition coefficient (Wildman–Crippen LogP) is 1.58.